The molecule has 2 aromatic carbocycles. The topological polar surface area (TPSA) is 17.8 Å². The van der Waals surface area contributed by atoms with Crippen LogP contribution in [-0.4, -0.2) is 9.55 Å². The lowest BCUT2D eigenvalue weighted by molar-refractivity contribution is 0.536. The van der Waals surface area contributed by atoms with Crippen molar-refractivity contribution in [2.45, 2.75) is 20.4 Å². The molecular weight excluding hydrogens is 312 g/mol. The van der Waals surface area contributed by atoms with E-state index in [2.05, 4.69) is 76.8 Å². The van der Waals surface area contributed by atoms with E-state index in [0.717, 1.165) is 27.9 Å². The Kier molecular flexibility index (Phi) is 3.62. The third-order valence-electron chi connectivity index (χ3n) is 3.30. The Morgan fingerprint density at radius 1 is 1.05 bits per heavy atom. The zero-order chi connectivity index (χ0) is 14.1. The van der Waals surface area contributed by atoms with Gasteiger partial charge in [-0.1, -0.05) is 54.0 Å². The minimum Gasteiger partial charge on any atom is -0.324 e. The molecule has 0 bridgehead atoms. The summed E-state index contributed by atoms with van der Waals surface area (Å²) >= 11 is 3.48. The average molecular weight is 329 g/mol. The number of benzene rings is 2. The highest BCUT2D eigenvalue weighted by Crippen LogP contribution is 2.26. The molecule has 0 amide bonds. The van der Waals surface area contributed by atoms with E-state index in [9.17, 15) is 0 Å². The first-order valence-electron chi connectivity index (χ1n) is 6.86. The van der Waals surface area contributed by atoms with Crippen molar-refractivity contribution >= 4 is 27.0 Å². The molecule has 0 fully saturated rings. The summed E-state index contributed by atoms with van der Waals surface area (Å²) in [6.45, 7) is 5.45. The average Bonchev–Trinajstić information content (AvgIpc) is 2.78. The van der Waals surface area contributed by atoms with E-state index in [1.54, 1.807) is 0 Å². The number of fused-ring (bicyclic) bond motifs is 1. The fourth-order valence-electron chi connectivity index (χ4n) is 2.44. The van der Waals surface area contributed by atoms with Crippen LogP contribution in [0.3, 0.4) is 0 Å². The van der Waals surface area contributed by atoms with Crippen LogP contribution in [0.5, 0.6) is 0 Å². The van der Waals surface area contributed by atoms with Crippen LogP contribution in [0, 0.1) is 5.92 Å². The Labute approximate surface area is 127 Å². The lowest BCUT2D eigenvalue weighted by Crippen LogP contribution is -2.06. The van der Waals surface area contributed by atoms with Gasteiger partial charge in [-0.25, -0.2) is 4.98 Å². The monoisotopic (exact) mass is 328 g/mol. The summed E-state index contributed by atoms with van der Waals surface area (Å²) in [5.41, 5.74) is 3.43. The molecule has 1 heterocycles. The second-order valence-corrected chi connectivity index (χ2v) is 6.35. The lowest BCUT2D eigenvalue weighted by Gasteiger charge is -2.11. The summed E-state index contributed by atoms with van der Waals surface area (Å²) in [5, 5.41) is 0. The van der Waals surface area contributed by atoms with Crippen molar-refractivity contribution in [3.8, 4) is 11.4 Å². The van der Waals surface area contributed by atoms with Gasteiger partial charge in [0.2, 0.25) is 0 Å². The Morgan fingerprint density at radius 3 is 2.45 bits per heavy atom. The third kappa shape index (κ3) is 2.50. The molecule has 0 saturated carbocycles. The Balaban J connectivity index is 2.20. The molecule has 102 valence electrons. The van der Waals surface area contributed by atoms with Crippen molar-refractivity contribution in [2.24, 2.45) is 5.92 Å². The first-order chi connectivity index (χ1) is 9.65. The predicted molar refractivity (Wildman–Crippen MR) is 87.7 cm³/mol. The van der Waals surface area contributed by atoms with Gasteiger partial charge < -0.3 is 4.57 Å². The fourth-order valence-corrected chi connectivity index (χ4v) is 2.71. The highest BCUT2D eigenvalue weighted by atomic mass is 79.9. The number of para-hydroxylation sites is 2. The Morgan fingerprint density at radius 2 is 1.75 bits per heavy atom. The molecule has 3 aromatic rings. The quantitative estimate of drug-likeness (QED) is 0.652. The minimum atomic E-state index is 0.585. The molecule has 0 spiro atoms. The van der Waals surface area contributed by atoms with Gasteiger partial charge in [0.15, 0.2) is 0 Å². The fraction of sp³-hybridized carbons (Fsp3) is 0.235. The van der Waals surface area contributed by atoms with Gasteiger partial charge >= 0.3 is 0 Å². The molecule has 0 unspecified atom stereocenters. The third-order valence-corrected chi connectivity index (χ3v) is 3.83. The van der Waals surface area contributed by atoms with Crippen LogP contribution in [0.1, 0.15) is 13.8 Å². The molecule has 0 aliphatic rings. The molecule has 0 aliphatic heterocycles. The summed E-state index contributed by atoms with van der Waals surface area (Å²) in [7, 11) is 0. The van der Waals surface area contributed by atoms with Crippen LogP contribution in [0.15, 0.2) is 53.0 Å². The van der Waals surface area contributed by atoms with Crippen LogP contribution >= 0.6 is 15.9 Å². The molecule has 1 aromatic heterocycles. The standard InChI is InChI=1S/C17H17BrN2/c1-12(2)11-20-16-6-4-3-5-15(16)19-17(20)13-7-9-14(18)10-8-13/h3-10,12H,11H2,1-2H3. The number of halogens is 1. The van der Waals surface area contributed by atoms with Gasteiger partial charge in [-0.3, -0.25) is 0 Å². The molecule has 3 rings (SSSR count). The van der Waals surface area contributed by atoms with Crippen molar-refractivity contribution in [2.75, 3.05) is 0 Å². The molecule has 0 saturated heterocycles. The lowest BCUT2D eigenvalue weighted by atomic mass is 10.2. The van der Waals surface area contributed by atoms with Gasteiger partial charge in [-0.2, -0.15) is 0 Å². The van der Waals surface area contributed by atoms with Crippen molar-refractivity contribution in [1.29, 1.82) is 0 Å². The highest BCUT2D eigenvalue weighted by Gasteiger charge is 2.13. The summed E-state index contributed by atoms with van der Waals surface area (Å²) < 4.78 is 3.41. The number of aromatic nitrogens is 2. The Hall–Kier alpha value is -1.61. The molecule has 3 heteroatoms. The van der Waals surface area contributed by atoms with Crippen molar-refractivity contribution < 1.29 is 0 Å². The smallest absolute Gasteiger partial charge is 0.141 e. The van der Waals surface area contributed by atoms with Gasteiger partial charge in [0.25, 0.3) is 0 Å². The number of hydrogen-bond acceptors (Lipinski definition) is 1. The van der Waals surface area contributed by atoms with E-state index < -0.39 is 0 Å². The largest absolute Gasteiger partial charge is 0.324 e. The van der Waals surface area contributed by atoms with Gasteiger partial charge in [-0.05, 0) is 30.2 Å². The van der Waals surface area contributed by atoms with Crippen molar-refractivity contribution in [3.63, 3.8) is 0 Å². The normalized spacial score (nSPS) is 11.4. The first-order valence-corrected chi connectivity index (χ1v) is 7.65. The number of hydrogen-bond donors (Lipinski definition) is 0. The summed E-state index contributed by atoms with van der Waals surface area (Å²) in [4.78, 5) is 4.81. The van der Waals surface area contributed by atoms with Crippen LogP contribution in [0.4, 0.5) is 0 Å². The van der Waals surface area contributed by atoms with E-state index in [1.165, 1.54) is 5.52 Å². The summed E-state index contributed by atoms with van der Waals surface area (Å²) in [6, 6.07) is 16.7. The maximum Gasteiger partial charge on any atom is 0.141 e. The van der Waals surface area contributed by atoms with E-state index in [-0.39, 0.29) is 0 Å². The maximum atomic E-state index is 4.81. The highest BCUT2D eigenvalue weighted by molar-refractivity contribution is 9.10. The second kappa shape index (κ2) is 5.41. The van der Waals surface area contributed by atoms with Crippen LogP contribution in [0.2, 0.25) is 0 Å². The van der Waals surface area contributed by atoms with E-state index in [4.69, 9.17) is 4.98 Å². The van der Waals surface area contributed by atoms with Crippen molar-refractivity contribution in [3.05, 3.63) is 53.0 Å². The van der Waals surface area contributed by atoms with Crippen LogP contribution < -0.4 is 0 Å². The van der Waals surface area contributed by atoms with E-state index in [0.29, 0.717) is 5.92 Å². The number of imidazole rings is 1. The molecule has 0 N–H and O–H groups in total. The minimum absolute atomic E-state index is 0.585. The molecule has 2 nitrogen and oxygen atoms in total. The van der Waals surface area contributed by atoms with Gasteiger partial charge in [-0.15, -0.1) is 0 Å². The number of rotatable bonds is 3. The molecule has 0 aliphatic carbocycles. The Bertz CT molecular complexity index is 726. The predicted octanol–water partition coefficient (Wildman–Crippen LogP) is 5.12. The molecule has 0 atom stereocenters. The molecule has 20 heavy (non-hydrogen) atoms. The molecular formula is C17H17BrN2. The van der Waals surface area contributed by atoms with E-state index in [1.807, 2.05) is 6.07 Å². The van der Waals surface area contributed by atoms with Gasteiger partial charge in [0.1, 0.15) is 5.82 Å². The summed E-state index contributed by atoms with van der Waals surface area (Å²) in [5.74, 6) is 1.63. The van der Waals surface area contributed by atoms with Gasteiger partial charge in [0, 0.05) is 16.6 Å². The zero-order valence-corrected chi connectivity index (χ0v) is 13.3. The van der Waals surface area contributed by atoms with Crippen LogP contribution in [-0.2, 0) is 6.54 Å². The van der Waals surface area contributed by atoms with Gasteiger partial charge in [0.05, 0.1) is 11.0 Å². The summed E-state index contributed by atoms with van der Waals surface area (Å²) in [6.07, 6.45) is 0. The van der Waals surface area contributed by atoms with Crippen LogP contribution in [0.25, 0.3) is 22.4 Å². The number of nitrogens with zero attached hydrogens (tertiary/aromatic N) is 2. The first kappa shape index (κ1) is 13.4. The molecule has 0 radical (unpaired) electrons. The maximum absolute atomic E-state index is 4.81. The SMILES string of the molecule is CC(C)Cn1c(-c2ccc(Br)cc2)nc2ccccc21. The van der Waals surface area contributed by atoms with E-state index >= 15 is 0 Å². The van der Waals surface area contributed by atoms with Crippen molar-refractivity contribution in [1.82, 2.24) is 9.55 Å². The zero-order valence-electron chi connectivity index (χ0n) is 11.7. The second-order valence-electron chi connectivity index (χ2n) is 5.44.